The molecule has 154 valence electrons. The van der Waals surface area contributed by atoms with Crippen molar-refractivity contribution in [2.24, 2.45) is 0 Å². The number of carbonyl (C=O) groups excluding carboxylic acids is 1. The second-order valence-electron chi connectivity index (χ2n) is 6.74. The van der Waals surface area contributed by atoms with Crippen molar-refractivity contribution >= 4 is 21.6 Å². The Morgan fingerprint density at radius 2 is 2.07 bits per heavy atom. The van der Waals surface area contributed by atoms with E-state index >= 15 is 0 Å². The predicted molar refractivity (Wildman–Crippen MR) is 104 cm³/mol. The van der Waals surface area contributed by atoms with Gasteiger partial charge in [-0.1, -0.05) is 18.2 Å². The zero-order valence-electron chi connectivity index (χ0n) is 15.7. The molecule has 29 heavy (non-hydrogen) atoms. The van der Waals surface area contributed by atoms with E-state index in [4.69, 9.17) is 0 Å². The Hall–Kier alpha value is -2.88. The summed E-state index contributed by atoms with van der Waals surface area (Å²) in [4.78, 5) is 21.1. The van der Waals surface area contributed by atoms with Gasteiger partial charge in [-0.3, -0.25) is 4.79 Å². The van der Waals surface area contributed by atoms with Gasteiger partial charge in [-0.2, -0.15) is 0 Å². The molecule has 1 saturated carbocycles. The molecular weight excluding hydrogens is 402 g/mol. The van der Waals surface area contributed by atoms with Crippen LogP contribution in [0.25, 0.3) is 0 Å². The number of aromatic nitrogens is 2. The van der Waals surface area contributed by atoms with Crippen molar-refractivity contribution in [1.29, 1.82) is 0 Å². The van der Waals surface area contributed by atoms with E-state index in [1.165, 1.54) is 24.4 Å². The van der Waals surface area contributed by atoms with Crippen LogP contribution in [0.4, 0.5) is 14.6 Å². The molecule has 10 heteroatoms. The summed E-state index contributed by atoms with van der Waals surface area (Å²) in [5, 5.41) is 6.43. The molecule has 0 saturated heterocycles. The Morgan fingerprint density at radius 3 is 2.76 bits per heavy atom. The molecule has 2 N–H and O–H groups in total. The minimum Gasteiger partial charge on any atom is -0.365 e. The Bertz CT molecular complexity index is 1050. The van der Waals surface area contributed by atoms with Crippen LogP contribution in [-0.2, 0) is 16.4 Å². The molecule has 1 heterocycles. The molecule has 1 amide bonds. The fraction of sp³-hybridized carbons (Fsp3) is 0.316. The van der Waals surface area contributed by atoms with Crippen LogP contribution >= 0.6 is 0 Å². The quantitative estimate of drug-likeness (QED) is 0.678. The van der Waals surface area contributed by atoms with Crippen LogP contribution in [-0.4, -0.2) is 37.1 Å². The highest BCUT2D eigenvalue weighted by atomic mass is 32.2. The van der Waals surface area contributed by atoms with Crippen LogP contribution < -0.4 is 10.6 Å². The van der Waals surface area contributed by atoms with Gasteiger partial charge in [-0.05, 0) is 18.9 Å². The first kappa shape index (κ1) is 20.8. The van der Waals surface area contributed by atoms with Gasteiger partial charge in [0.25, 0.3) is 5.91 Å². The molecule has 2 aromatic rings. The lowest BCUT2D eigenvalue weighted by Crippen LogP contribution is -2.25. The zero-order chi connectivity index (χ0) is 21.0. The fourth-order valence-corrected chi connectivity index (χ4v) is 3.01. The highest BCUT2D eigenvalue weighted by Gasteiger charge is 2.28. The summed E-state index contributed by atoms with van der Waals surface area (Å²) >= 11 is 0. The Morgan fingerprint density at radius 1 is 1.31 bits per heavy atom. The number of hydrogen-bond donors (Lipinski definition) is 2. The molecule has 0 bridgehead atoms. The Balaban J connectivity index is 1.76. The summed E-state index contributed by atoms with van der Waals surface area (Å²) in [6.45, 7) is -0.0762. The smallest absolute Gasteiger partial charge is 0.256 e. The maximum absolute atomic E-state index is 13.9. The molecule has 0 aliphatic heterocycles. The largest absolute Gasteiger partial charge is 0.365 e. The number of rotatable bonds is 8. The summed E-state index contributed by atoms with van der Waals surface area (Å²) in [6, 6.07) is 3.86. The van der Waals surface area contributed by atoms with Gasteiger partial charge in [0.2, 0.25) is 0 Å². The molecule has 1 aromatic heterocycles. The highest BCUT2D eigenvalue weighted by molar-refractivity contribution is 7.93. The minimum atomic E-state index is -3.28. The van der Waals surface area contributed by atoms with Gasteiger partial charge in [-0.15, -0.1) is 0 Å². The lowest BCUT2D eigenvalue weighted by atomic mass is 10.2. The maximum Gasteiger partial charge on any atom is 0.256 e. The van der Waals surface area contributed by atoms with Crippen molar-refractivity contribution in [2.75, 3.05) is 18.1 Å². The number of hydrogen-bond acceptors (Lipinski definition) is 6. The number of nitrogens with zero attached hydrogens (tertiary/aromatic N) is 2. The van der Waals surface area contributed by atoms with Crippen LogP contribution in [0.15, 0.2) is 35.9 Å². The number of sulfone groups is 1. The average molecular weight is 422 g/mol. The predicted octanol–water partition coefficient (Wildman–Crippen LogP) is 2.53. The van der Waals surface area contributed by atoms with Crippen molar-refractivity contribution in [3.05, 3.63) is 64.5 Å². The normalized spacial score (nSPS) is 14.2. The SMILES string of the molecule is CS(=O)(=O)/C=C/CNC(=O)c1cnc(C2CC2)nc1NCc1cccc(F)c1F. The van der Waals surface area contributed by atoms with Gasteiger partial charge in [0, 0.05) is 42.4 Å². The van der Waals surface area contributed by atoms with E-state index in [1.54, 1.807) is 0 Å². The molecule has 3 rings (SSSR count). The minimum absolute atomic E-state index is 0.00571. The van der Waals surface area contributed by atoms with Gasteiger partial charge in [0.1, 0.15) is 17.2 Å². The van der Waals surface area contributed by atoms with Crippen molar-refractivity contribution in [1.82, 2.24) is 15.3 Å². The molecular formula is C19H20F2N4O3S. The number of anilines is 1. The number of nitrogens with one attached hydrogen (secondary N) is 2. The van der Waals surface area contributed by atoms with Gasteiger partial charge in [0.15, 0.2) is 21.5 Å². The summed E-state index contributed by atoms with van der Waals surface area (Å²) < 4.78 is 49.5. The molecule has 1 aliphatic rings. The molecule has 0 atom stereocenters. The van der Waals surface area contributed by atoms with E-state index in [2.05, 4.69) is 20.6 Å². The van der Waals surface area contributed by atoms with E-state index in [0.29, 0.717) is 5.82 Å². The summed E-state index contributed by atoms with van der Waals surface area (Å²) in [7, 11) is -3.28. The topological polar surface area (TPSA) is 101 Å². The highest BCUT2D eigenvalue weighted by Crippen LogP contribution is 2.38. The molecule has 7 nitrogen and oxygen atoms in total. The molecule has 1 aromatic carbocycles. The number of amides is 1. The third kappa shape index (κ3) is 5.80. The van der Waals surface area contributed by atoms with Gasteiger partial charge in [-0.25, -0.2) is 27.2 Å². The average Bonchev–Trinajstić information content (AvgIpc) is 3.50. The molecule has 0 radical (unpaired) electrons. The van der Waals surface area contributed by atoms with E-state index in [9.17, 15) is 22.0 Å². The second-order valence-corrected chi connectivity index (χ2v) is 8.67. The third-order valence-corrected chi connectivity index (χ3v) is 4.88. The van der Waals surface area contributed by atoms with Crippen molar-refractivity contribution in [3.8, 4) is 0 Å². The summed E-state index contributed by atoms with van der Waals surface area (Å²) in [6.07, 6.45) is 5.64. The molecule has 1 aliphatic carbocycles. The lowest BCUT2D eigenvalue weighted by molar-refractivity contribution is 0.0958. The van der Waals surface area contributed by atoms with E-state index in [-0.39, 0.29) is 36.0 Å². The van der Waals surface area contributed by atoms with Gasteiger partial charge < -0.3 is 10.6 Å². The Labute approximate surface area is 167 Å². The van der Waals surface area contributed by atoms with Crippen LogP contribution in [0.2, 0.25) is 0 Å². The first-order valence-electron chi connectivity index (χ1n) is 8.93. The Kier molecular flexibility index (Phi) is 6.21. The van der Waals surface area contributed by atoms with Crippen LogP contribution in [0.1, 0.15) is 40.5 Å². The van der Waals surface area contributed by atoms with E-state index in [0.717, 1.165) is 30.6 Å². The fourth-order valence-electron chi connectivity index (χ4n) is 2.57. The second kappa shape index (κ2) is 8.64. The van der Waals surface area contributed by atoms with Gasteiger partial charge >= 0.3 is 0 Å². The van der Waals surface area contributed by atoms with Crippen LogP contribution in [0.3, 0.4) is 0 Å². The summed E-state index contributed by atoms with van der Waals surface area (Å²) in [5.74, 6) is -1.42. The molecule has 0 unspecified atom stereocenters. The lowest BCUT2D eigenvalue weighted by Gasteiger charge is -2.12. The first-order valence-corrected chi connectivity index (χ1v) is 10.9. The number of carbonyl (C=O) groups is 1. The van der Waals surface area contributed by atoms with Crippen molar-refractivity contribution < 1.29 is 22.0 Å². The third-order valence-electron chi connectivity index (χ3n) is 4.20. The summed E-state index contributed by atoms with van der Waals surface area (Å²) in [5.41, 5.74) is 0.220. The first-order chi connectivity index (χ1) is 13.7. The number of benzene rings is 1. The number of halogens is 2. The van der Waals surface area contributed by atoms with Crippen LogP contribution in [0, 0.1) is 11.6 Å². The van der Waals surface area contributed by atoms with Crippen molar-refractivity contribution in [2.45, 2.75) is 25.3 Å². The maximum atomic E-state index is 13.9. The van der Waals surface area contributed by atoms with E-state index in [1.807, 2.05) is 0 Å². The zero-order valence-corrected chi connectivity index (χ0v) is 16.5. The van der Waals surface area contributed by atoms with Crippen molar-refractivity contribution in [3.63, 3.8) is 0 Å². The van der Waals surface area contributed by atoms with Gasteiger partial charge in [0.05, 0.1) is 0 Å². The molecule has 1 fully saturated rings. The van der Waals surface area contributed by atoms with Crippen LogP contribution in [0.5, 0.6) is 0 Å². The molecule has 0 spiro atoms. The van der Waals surface area contributed by atoms with E-state index < -0.39 is 27.4 Å². The monoisotopic (exact) mass is 422 g/mol. The standard InChI is InChI=1S/C19H20F2N4O3S/c1-29(27,28)9-3-8-22-19(26)14-11-24-17(12-6-7-12)25-18(14)23-10-13-4-2-5-15(20)16(13)21/h2-5,9,11-12H,6-8,10H2,1H3,(H,22,26)(H,23,24,25)/b9-3+.